The number of non-ortho nitro benzene ring substituents is 1. The highest BCUT2D eigenvalue weighted by atomic mass is 16.6. The Morgan fingerprint density at radius 3 is 2.76 bits per heavy atom. The molecule has 1 aromatic heterocycles. The van der Waals surface area contributed by atoms with Gasteiger partial charge in [-0.2, -0.15) is 0 Å². The molecule has 132 valence electrons. The first-order valence-corrected chi connectivity index (χ1v) is 8.14. The highest BCUT2D eigenvalue weighted by molar-refractivity contribution is 5.96. The smallest absolute Gasteiger partial charge is 0.409 e. The number of benzene rings is 1. The zero-order valence-electron chi connectivity index (χ0n) is 14.2. The molecule has 0 aliphatic carbocycles. The monoisotopic (exact) mass is 344 g/mol. The number of ether oxygens (including phenoxy) is 1. The maximum absolute atomic E-state index is 11.6. The first-order chi connectivity index (χ1) is 12.0. The summed E-state index contributed by atoms with van der Waals surface area (Å²) in [6, 6.07) is 7.06. The molecule has 0 unspecified atom stereocenters. The number of fused-ring (bicyclic) bond motifs is 1. The lowest BCUT2D eigenvalue weighted by atomic mass is 10.0. The first kappa shape index (κ1) is 16.9. The second-order valence-electron chi connectivity index (χ2n) is 6.12. The number of anilines is 1. The normalized spacial score (nSPS) is 15.2. The maximum Gasteiger partial charge on any atom is 0.409 e. The van der Waals surface area contributed by atoms with E-state index < -0.39 is 4.92 Å². The maximum atomic E-state index is 11.6. The summed E-state index contributed by atoms with van der Waals surface area (Å²) >= 11 is 0. The van der Waals surface area contributed by atoms with Crippen LogP contribution in [-0.2, 0) is 4.74 Å². The fourth-order valence-electron chi connectivity index (χ4n) is 3.18. The molecule has 1 amide bonds. The third-order valence-electron chi connectivity index (χ3n) is 4.43. The quantitative estimate of drug-likeness (QED) is 0.679. The standard InChI is InChI=1S/C17H20N4O4/c1-11-10-14(13-4-3-5-15(21(23)24)16(13)18-11)19-12-6-8-20(9-7-12)17(22)25-2/h3-5,10,12H,6-9H2,1-2H3,(H,18,19). The molecule has 25 heavy (non-hydrogen) atoms. The van der Waals surface area contributed by atoms with Gasteiger partial charge in [-0.1, -0.05) is 12.1 Å². The minimum atomic E-state index is -0.409. The molecule has 1 aliphatic rings. The number of aryl methyl sites for hydroxylation is 1. The molecule has 1 aromatic carbocycles. The fraction of sp³-hybridized carbons (Fsp3) is 0.412. The van der Waals surface area contributed by atoms with Crippen LogP contribution in [0.3, 0.4) is 0 Å². The Morgan fingerprint density at radius 2 is 2.12 bits per heavy atom. The second-order valence-corrected chi connectivity index (χ2v) is 6.12. The lowest BCUT2D eigenvalue weighted by Gasteiger charge is -2.32. The van der Waals surface area contributed by atoms with E-state index in [4.69, 9.17) is 4.74 Å². The van der Waals surface area contributed by atoms with Crippen molar-refractivity contribution in [2.75, 3.05) is 25.5 Å². The van der Waals surface area contributed by atoms with E-state index in [1.54, 1.807) is 11.0 Å². The van der Waals surface area contributed by atoms with Gasteiger partial charge in [-0.05, 0) is 25.8 Å². The molecule has 2 aromatic rings. The van der Waals surface area contributed by atoms with Gasteiger partial charge in [0.05, 0.1) is 12.0 Å². The molecule has 2 heterocycles. The van der Waals surface area contributed by atoms with Gasteiger partial charge in [0, 0.05) is 42.0 Å². The van der Waals surface area contributed by atoms with Crippen molar-refractivity contribution in [3.63, 3.8) is 0 Å². The van der Waals surface area contributed by atoms with Gasteiger partial charge in [0.25, 0.3) is 5.69 Å². The number of para-hydroxylation sites is 1. The SMILES string of the molecule is COC(=O)N1CCC(Nc2cc(C)nc3c([N+](=O)[O-])cccc23)CC1. The molecule has 1 N–H and O–H groups in total. The van der Waals surface area contributed by atoms with E-state index in [1.807, 2.05) is 19.1 Å². The molecule has 8 nitrogen and oxygen atoms in total. The molecule has 0 spiro atoms. The minimum absolute atomic E-state index is 0.00441. The van der Waals surface area contributed by atoms with Crippen molar-refractivity contribution in [2.45, 2.75) is 25.8 Å². The van der Waals surface area contributed by atoms with Crippen molar-refractivity contribution in [1.82, 2.24) is 9.88 Å². The molecule has 0 bridgehead atoms. The lowest BCUT2D eigenvalue weighted by Crippen LogP contribution is -2.42. The summed E-state index contributed by atoms with van der Waals surface area (Å²) in [5.41, 5.74) is 1.95. The van der Waals surface area contributed by atoms with E-state index in [0.717, 1.165) is 29.6 Å². The number of hydrogen-bond acceptors (Lipinski definition) is 6. The third-order valence-corrected chi connectivity index (χ3v) is 4.43. The largest absolute Gasteiger partial charge is 0.453 e. The summed E-state index contributed by atoms with van der Waals surface area (Å²) in [6.07, 6.45) is 1.26. The van der Waals surface area contributed by atoms with Crippen LogP contribution in [0.1, 0.15) is 18.5 Å². The molecule has 8 heteroatoms. The van der Waals surface area contributed by atoms with Gasteiger partial charge >= 0.3 is 6.09 Å². The number of carbonyl (C=O) groups excluding carboxylic acids is 1. The number of nitro groups is 1. The van der Waals surface area contributed by atoms with Crippen molar-refractivity contribution in [2.24, 2.45) is 0 Å². The number of likely N-dealkylation sites (tertiary alicyclic amines) is 1. The summed E-state index contributed by atoms with van der Waals surface area (Å²) < 4.78 is 4.75. The molecule has 1 saturated heterocycles. The highest BCUT2D eigenvalue weighted by Crippen LogP contribution is 2.31. The second kappa shape index (κ2) is 6.92. The van der Waals surface area contributed by atoms with E-state index in [-0.39, 0.29) is 17.8 Å². The number of rotatable bonds is 3. The van der Waals surface area contributed by atoms with Gasteiger partial charge in [0.15, 0.2) is 5.52 Å². The van der Waals surface area contributed by atoms with E-state index in [9.17, 15) is 14.9 Å². The van der Waals surface area contributed by atoms with Crippen LogP contribution in [-0.4, -0.2) is 47.1 Å². The van der Waals surface area contributed by atoms with Crippen molar-refractivity contribution < 1.29 is 14.5 Å². The Hall–Kier alpha value is -2.90. The first-order valence-electron chi connectivity index (χ1n) is 8.14. The van der Waals surface area contributed by atoms with Gasteiger partial charge in [0.2, 0.25) is 0 Å². The lowest BCUT2D eigenvalue weighted by molar-refractivity contribution is -0.383. The Bertz CT molecular complexity index is 816. The predicted molar refractivity (Wildman–Crippen MR) is 93.8 cm³/mol. The van der Waals surface area contributed by atoms with Crippen molar-refractivity contribution >= 4 is 28.4 Å². The average Bonchev–Trinajstić information content (AvgIpc) is 2.61. The van der Waals surface area contributed by atoms with Crippen LogP contribution in [0.25, 0.3) is 10.9 Å². The van der Waals surface area contributed by atoms with Crippen molar-refractivity contribution in [1.29, 1.82) is 0 Å². The third kappa shape index (κ3) is 3.47. The number of pyridine rings is 1. The highest BCUT2D eigenvalue weighted by Gasteiger charge is 2.24. The number of amides is 1. The molecule has 0 atom stereocenters. The number of nitrogens with zero attached hydrogens (tertiary/aromatic N) is 3. The number of carbonyl (C=O) groups is 1. The number of aromatic nitrogens is 1. The Morgan fingerprint density at radius 1 is 1.40 bits per heavy atom. The van der Waals surface area contributed by atoms with Crippen molar-refractivity contribution in [3.8, 4) is 0 Å². The summed E-state index contributed by atoms with van der Waals surface area (Å²) in [7, 11) is 1.38. The number of hydrogen-bond donors (Lipinski definition) is 1. The Balaban J connectivity index is 1.84. The molecule has 1 fully saturated rings. The molecule has 1 aliphatic heterocycles. The molecule has 3 rings (SSSR count). The van der Waals surface area contributed by atoms with Crippen LogP contribution in [0.2, 0.25) is 0 Å². The molecular formula is C17H20N4O4. The Labute approximate surface area is 144 Å². The zero-order valence-corrected chi connectivity index (χ0v) is 14.2. The van der Waals surface area contributed by atoms with Crippen molar-refractivity contribution in [3.05, 3.63) is 40.1 Å². The minimum Gasteiger partial charge on any atom is -0.453 e. The fourth-order valence-corrected chi connectivity index (χ4v) is 3.18. The number of methoxy groups -OCH3 is 1. The molecular weight excluding hydrogens is 324 g/mol. The van der Waals surface area contributed by atoms with E-state index in [1.165, 1.54) is 13.2 Å². The number of nitro benzene ring substituents is 1. The van der Waals surface area contributed by atoms with Gasteiger partial charge in [-0.25, -0.2) is 9.78 Å². The summed E-state index contributed by atoms with van der Waals surface area (Å²) in [5, 5.41) is 15.5. The van der Waals surface area contributed by atoms with Crippen LogP contribution in [0.5, 0.6) is 0 Å². The van der Waals surface area contributed by atoms with Crippen LogP contribution in [0.4, 0.5) is 16.2 Å². The summed E-state index contributed by atoms with van der Waals surface area (Å²) in [5.74, 6) is 0. The van der Waals surface area contributed by atoms with Crippen LogP contribution in [0.15, 0.2) is 24.3 Å². The van der Waals surface area contributed by atoms with Crippen LogP contribution < -0.4 is 5.32 Å². The van der Waals surface area contributed by atoms with Gasteiger partial charge in [-0.15, -0.1) is 0 Å². The van der Waals surface area contributed by atoms with Crippen LogP contribution in [0, 0.1) is 17.0 Å². The molecule has 0 radical (unpaired) electrons. The van der Waals surface area contributed by atoms with E-state index in [0.29, 0.717) is 18.6 Å². The predicted octanol–water partition coefficient (Wildman–Crippen LogP) is 3.09. The van der Waals surface area contributed by atoms with Gasteiger partial charge in [-0.3, -0.25) is 10.1 Å². The average molecular weight is 344 g/mol. The van der Waals surface area contributed by atoms with E-state index >= 15 is 0 Å². The number of piperidine rings is 1. The van der Waals surface area contributed by atoms with E-state index in [2.05, 4.69) is 10.3 Å². The number of nitrogens with one attached hydrogen (secondary N) is 1. The van der Waals surface area contributed by atoms with Gasteiger partial charge in [0.1, 0.15) is 0 Å². The summed E-state index contributed by atoms with van der Waals surface area (Å²) in [6.45, 7) is 3.06. The van der Waals surface area contributed by atoms with Crippen LogP contribution >= 0.6 is 0 Å². The van der Waals surface area contributed by atoms with Gasteiger partial charge < -0.3 is 15.0 Å². The molecule has 0 saturated carbocycles. The Kier molecular flexibility index (Phi) is 4.69. The zero-order chi connectivity index (χ0) is 18.0. The topological polar surface area (TPSA) is 97.6 Å². The summed E-state index contributed by atoms with van der Waals surface area (Å²) in [4.78, 5) is 28.4.